The van der Waals surface area contributed by atoms with E-state index >= 15 is 0 Å². The molecule has 2 heterocycles. The molecule has 2 aromatic carbocycles. The van der Waals surface area contributed by atoms with E-state index in [1.165, 1.54) is 35.9 Å². The Hall–Kier alpha value is -3.50. The minimum absolute atomic E-state index is 0.0983. The lowest BCUT2D eigenvalue weighted by Crippen LogP contribution is -2.53. The first-order chi connectivity index (χ1) is 16.2. The minimum atomic E-state index is -1.64. The second-order valence-electron chi connectivity index (χ2n) is 8.00. The van der Waals surface area contributed by atoms with Crippen molar-refractivity contribution in [1.82, 2.24) is 14.8 Å². The third kappa shape index (κ3) is 4.34. The molecule has 0 unspecified atom stereocenters. The van der Waals surface area contributed by atoms with Crippen LogP contribution in [0.3, 0.4) is 0 Å². The molecule has 0 radical (unpaired) electrons. The molecule has 1 fully saturated rings. The van der Waals surface area contributed by atoms with Crippen molar-refractivity contribution in [2.24, 2.45) is 5.73 Å². The number of nitrogens with two attached hydrogens (primary N) is 1. The van der Waals surface area contributed by atoms with E-state index in [1.807, 2.05) is 0 Å². The lowest BCUT2D eigenvalue weighted by molar-refractivity contribution is -0.125. The van der Waals surface area contributed by atoms with Gasteiger partial charge in [0.05, 0.1) is 28.8 Å². The fourth-order valence-electron chi connectivity index (χ4n) is 4.05. The zero-order valence-electron chi connectivity index (χ0n) is 18.1. The Balaban J connectivity index is 1.54. The van der Waals surface area contributed by atoms with Gasteiger partial charge in [-0.05, 0) is 12.1 Å². The van der Waals surface area contributed by atoms with E-state index in [1.54, 1.807) is 24.3 Å². The zero-order valence-corrected chi connectivity index (χ0v) is 18.9. The van der Waals surface area contributed by atoms with Gasteiger partial charge in [-0.1, -0.05) is 41.9 Å². The summed E-state index contributed by atoms with van der Waals surface area (Å²) in [6.07, 6.45) is -0.173. The monoisotopic (exact) mass is 489 g/mol. The van der Waals surface area contributed by atoms with Gasteiger partial charge in [-0.3, -0.25) is 14.2 Å². The summed E-state index contributed by atoms with van der Waals surface area (Å²) in [5.74, 6) is -1.66. The van der Waals surface area contributed by atoms with Crippen LogP contribution in [0, 0.1) is 5.82 Å². The van der Waals surface area contributed by atoms with E-state index in [4.69, 9.17) is 17.3 Å². The summed E-state index contributed by atoms with van der Waals surface area (Å²) in [7, 11) is 0. The average molecular weight is 490 g/mol. The molecule has 0 aliphatic carbocycles. The van der Waals surface area contributed by atoms with E-state index in [2.05, 4.69) is 10.6 Å². The number of nitrogens with one attached hydrogen (secondary N) is 2. The van der Waals surface area contributed by atoms with Crippen molar-refractivity contribution >= 4 is 46.0 Å². The van der Waals surface area contributed by atoms with Crippen LogP contribution in [0.4, 0.5) is 19.3 Å². The maximum absolute atomic E-state index is 14.5. The first-order valence-corrected chi connectivity index (χ1v) is 10.9. The number of halogens is 3. The van der Waals surface area contributed by atoms with E-state index in [0.29, 0.717) is 16.6 Å². The van der Waals surface area contributed by atoms with Gasteiger partial charge in [0.15, 0.2) is 0 Å². The highest BCUT2D eigenvalue weighted by molar-refractivity contribution is 6.30. The largest absolute Gasteiger partial charge is 0.350 e. The van der Waals surface area contributed by atoms with Crippen LogP contribution in [0.25, 0.3) is 10.9 Å². The number of benzene rings is 2. The van der Waals surface area contributed by atoms with E-state index in [-0.39, 0.29) is 23.0 Å². The predicted octanol–water partition coefficient (Wildman–Crippen LogP) is 3.29. The number of urea groups is 1. The number of aromatic nitrogens is 1. The Morgan fingerprint density at radius 2 is 1.91 bits per heavy atom. The molecule has 4 N–H and O–H groups in total. The smallest absolute Gasteiger partial charge is 0.322 e. The maximum atomic E-state index is 14.5. The number of para-hydroxylation sites is 1. The molecule has 0 saturated carbocycles. The molecule has 3 amide bonds. The lowest BCUT2D eigenvalue weighted by Gasteiger charge is -2.25. The van der Waals surface area contributed by atoms with Crippen molar-refractivity contribution in [2.45, 2.75) is 31.7 Å². The summed E-state index contributed by atoms with van der Waals surface area (Å²) in [6.45, 7) is 0.767. The summed E-state index contributed by atoms with van der Waals surface area (Å²) in [6, 6.07) is 7.96. The molecule has 0 spiro atoms. The number of likely N-dealkylation sites (tertiary alicyclic amines) is 1. The summed E-state index contributed by atoms with van der Waals surface area (Å²) >= 11 is 5.76. The van der Waals surface area contributed by atoms with Crippen molar-refractivity contribution in [1.29, 1.82) is 0 Å². The molecule has 8 nitrogen and oxygen atoms in total. The van der Waals surface area contributed by atoms with Gasteiger partial charge in [-0.2, -0.15) is 0 Å². The summed E-state index contributed by atoms with van der Waals surface area (Å²) < 4.78 is 30.0. The third-order valence-corrected chi connectivity index (χ3v) is 6.09. The minimum Gasteiger partial charge on any atom is -0.350 e. The first-order valence-electron chi connectivity index (χ1n) is 10.5. The Morgan fingerprint density at radius 3 is 2.65 bits per heavy atom. The fourth-order valence-corrected chi connectivity index (χ4v) is 4.25. The van der Waals surface area contributed by atoms with E-state index < -0.39 is 42.6 Å². The number of fused-ring (bicyclic) bond motifs is 1. The average Bonchev–Trinajstić information content (AvgIpc) is 3.32. The van der Waals surface area contributed by atoms with Crippen LogP contribution in [0.2, 0.25) is 5.02 Å². The Bertz CT molecular complexity index is 1280. The number of anilines is 1. The van der Waals surface area contributed by atoms with Gasteiger partial charge < -0.3 is 21.3 Å². The van der Waals surface area contributed by atoms with Crippen molar-refractivity contribution in [2.75, 3.05) is 11.9 Å². The number of nitrogens with zero attached hydrogens (tertiary/aromatic N) is 2. The molecule has 0 bridgehead atoms. The maximum Gasteiger partial charge on any atom is 0.322 e. The standard InChI is InChI=1S/C23H22ClF2N5O3/c1-12(32)30-11-17(14-6-2-3-8-18(14)30)29-23(34)31-10-16(25)20(27)21(31)22(33)28-9-13-5-4-7-15(24)19(13)26/h2-8,11,16,20-21H,9-10,27H2,1H3,(H,28,33)(H,29,34)/t16-,20+,21-/m0/s1. The molecule has 3 atom stereocenters. The number of hydrogen-bond donors (Lipinski definition) is 3. The van der Waals surface area contributed by atoms with Crippen LogP contribution < -0.4 is 16.4 Å². The van der Waals surface area contributed by atoms with Gasteiger partial charge in [-0.25, -0.2) is 13.6 Å². The molecule has 1 aliphatic heterocycles. The number of rotatable bonds is 4. The summed E-state index contributed by atoms with van der Waals surface area (Å²) in [4.78, 5) is 38.9. The van der Waals surface area contributed by atoms with Crippen LogP contribution >= 0.6 is 11.6 Å². The Labute approximate surface area is 198 Å². The van der Waals surface area contributed by atoms with Crippen molar-refractivity contribution < 1.29 is 23.2 Å². The Morgan fingerprint density at radius 1 is 1.18 bits per heavy atom. The molecule has 3 aromatic rings. The molecular formula is C23H22ClF2N5O3. The van der Waals surface area contributed by atoms with Crippen molar-refractivity contribution in [3.05, 3.63) is 65.1 Å². The van der Waals surface area contributed by atoms with Crippen molar-refractivity contribution in [3.63, 3.8) is 0 Å². The SMILES string of the molecule is CC(=O)n1cc(NC(=O)N2C[C@H](F)[C@@H](N)[C@H]2C(=O)NCc2cccc(Cl)c2F)c2ccccc21. The van der Waals surface area contributed by atoms with E-state index in [0.717, 1.165) is 4.90 Å². The first kappa shape index (κ1) is 23.7. The number of carbonyl (C=O) groups excluding carboxylic acids is 3. The van der Waals surface area contributed by atoms with Gasteiger partial charge in [0, 0.05) is 30.6 Å². The van der Waals surface area contributed by atoms with Gasteiger partial charge in [0.2, 0.25) is 11.8 Å². The second kappa shape index (κ2) is 9.40. The molecule has 34 heavy (non-hydrogen) atoms. The van der Waals surface area contributed by atoms with Gasteiger partial charge in [-0.15, -0.1) is 0 Å². The number of carbonyl (C=O) groups is 3. The predicted molar refractivity (Wildman–Crippen MR) is 124 cm³/mol. The molecule has 1 aliphatic rings. The Kier molecular flexibility index (Phi) is 6.54. The molecule has 1 aromatic heterocycles. The molecule has 4 rings (SSSR count). The third-order valence-electron chi connectivity index (χ3n) is 5.80. The van der Waals surface area contributed by atoms with E-state index in [9.17, 15) is 23.2 Å². The number of alkyl halides is 1. The summed E-state index contributed by atoms with van der Waals surface area (Å²) in [5.41, 5.74) is 6.95. The van der Waals surface area contributed by atoms with Gasteiger partial charge >= 0.3 is 6.03 Å². The normalized spacial score (nSPS) is 19.9. The lowest BCUT2D eigenvalue weighted by atomic mass is 10.1. The fraction of sp³-hybridized carbons (Fsp3) is 0.261. The molecular weight excluding hydrogens is 468 g/mol. The molecule has 1 saturated heterocycles. The topological polar surface area (TPSA) is 109 Å². The highest BCUT2D eigenvalue weighted by Gasteiger charge is 2.46. The van der Waals surface area contributed by atoms with Crippen LogP contribution in [0.5, 0.6) is 0 Å². The van der Waals surface area contributed by atoms with Crippen LogP contribution in [0.15, 0.2) is 48.7 Å². The van der Waals surface area contributed by atoms with Crippen LogP contribution in [-0.2, 0) is 11.3 Å². The zero-order chi connectivity index (χ0) is 24.6. The van der Waals surface area contributed by atoms with Gasteiger partial charge in [0.1, 0.15) is 18.0 Å². The quantitative estimate of drug-likeness (QED) is 0.522. The van der Waals surface area contributed by atoms with Gasteiger partial charge in [0.25, 0.3) is 0 Å². The number of amides is 3. The van der Waals surface area contributed by atoms with Crippen molar-refractivity contribution in [3.8, 4) is 0 Å². The second-order valence-corrected chi connectivity index (χ2v) is 8.41. The van der Waals surface area contributed by atoms with Crippen LogP contribution in [-0.4, -0.2) is 52.1 Å². The van der Waals surface area contributed by atoms with Crippen LogP contribution in [0.1, 0.15) is 17.3 Å². The number of hydrogen-bond acceptors (Lipinski definition) is 4. The summed E-state index contributed by atoms with van der Waals surface area (Å²) in [5, 5.41) is 5.66. The molecule has 178 valence electrons. The highest BCUT2D eigenvalue weighted by Crippen LogP contribution is 2.28. The highest BCUT2D eigenvalue weighted by atomic mass is 35.5. The molecule has 11 heteroatoms.